The van der Waals surface area contributed by atoms with Crippen molar-refractivity contribution in [2.75, 3.05) is 0 Å². The van der Waals surface area contributed by atoms with E-state index in [2.05, 4.69) is 4.98 Å². The van der Waals surface area contributed by atoms with E-state index in [0.717, 1.165) is 12.1 Å². The monoisotopic (exact) mass is 263 g/mol. The first-order valence-electron chi connectivity index (χ1n) is 5.03. The summed E-state index contributed by atoms with van der Waals surface area (Å²) < 4.78 is 0. The number of hydrogen-bond acceptors (Lipinski definition) is 5. The second kappa shape index (κ2) is 6.64. The Kier molecular flexibility index (Phi) is 4.91. The van der Waals surface area contributed by atoms with Gasteiger partial charge in [0.15, 0.2) is 12.4 Å². The van der Waals surface area contributed by atoms with Gasteiger partial charge in [0, 0.05) is 18.2 Å². The van der Waals surface area contributed by atoms with Crippen molar-refractivity contribution in [3.63, 3.8) is 0 Å². The first-order valence-corrected chi connectivity index (χ1v) is 5.03. The fourth-order valence-corrected chi connectivity index (χ4v) is 1.10. The van der Waals surface area contributed by atoms with Crippen LogP contribution in [0.15, 0.2) is 48.8 Å². The summed E-state index contributed by atoms with van der Waals surface area (Å²) in [5.74, 6) is -0.837. The van der Waals surface area contributed by atoms with Gasteiger partial charge in [-0.2, -0.15) is 0 Å². The minimum Gasteiger partial charge on any atom is -0.868 e. The Bertz CT molecular complexity index is 547. The third kappa shape index (κ3) is 4.38. The van der Waals surface area contributed by atoms with Gasteiger partial charge in [-0.25, -0.2) is 4.98 Å². The number of hydrogen-bond donors (Lipinski definition) is 0. The van der Waals surface area contributed by atoms with Crippen LogP contribution in [0.3, 0.4) is 0 Å². The molecule has 0 aliphatic carbocycles. The van der Waals surface area contributed by atoms with Crippen LogP contribution in [0.1, 0.15) is 0 Å². The molecule has 2 aromatic rings. The maximum Gasteiger partial charge on any atom is 0.276 e. The second-order valence-corrected chi connectivity index (χ2v) is 3.24. The highest BCUT2D eigenvalue weighted by Crippen LogP contribution is 2.27. The normalized spacial score (nSPS) is 9.05. The average molecular weight is 263 g/mol. The van der Waals surface area contributed by atoms with Gasteiger partial charge < -0.3 is 5.11 Å². The van der Waals surface area contributed by atoms with Gasteiger partial charge in [-0.05, 0) is 5.75 Å². The first-order chi connectivity index (χ1) is 9.02. The number of aromatic amines is 1. The molecule has 0 saturated heterocycles. The molecule has 1 aromatic carbocycles. The van der Waals surface area contributed by atoms with Crippen LogP contribution in [0.25, 0.3) is 0 Å². The van der Waals surface area contributed by atoms with Crippen LogP contribution in [0.4, 0.5) is 11.4 Å². The first kappa shape index (κ1) is 14.0. The molecular formula is C11H9N3O5. The Morgan fingerprint density at radius 3 is 1.95 bits per heavy atom. The Morgan fingerprint density at radius 2 is 1.58 bits per heavy atom. The van der Waals surface area contributed by atoms with E-state index in [0.29, 0.717) is 6.07 Å². The molecule has 0 spiro atoms. The fraction of sp³-hybridized carbons (Fsp3) is 0. The number of nitrogens with zero attached hydrogens (tertiary/aromatic N) is 2. The van der Waals surface area contributed by atoms with Crippen LogP contribution in [-0.4, -0.2) is 9.85 Å². The number of nitrogens with one attached hydrogen (secondary N) is 1. The number of non-ortho nitro benzene ring substituents is 1. The van der Waals surface area contributed by atoms with Gasteiger partial charge in [-0.3, -0.25) is 20.2 Å². The van der Waals surface area contributed by atoms with E-state index in [4.69, 9.17) is 0 Å². The van der Waals surface area contributed by atoms with Crippen LogP contribution >= 0.6 is 0 Å². The Hall–Kier alpha value is -3.03. The molecule has 0 aliphatic rings. The van der Waals surface area contributed by atoms with E-state index < -0.39 is 27.0 Å². The van der Waals surface area contributed by atoms with Gasteiger partial charge in [0.2, 0.25) is 0 Å². The summed E-state index contributed by atoms with van der Waals surface area (Å²) in [7, 11) is 0. The summed E-state index contributed by atoms with van der Waals surface area (Å²) in [6.45, 7) is 0. The number of rotatable bonds is 2. The zero-order valence-corrected chi connectivity index (χ0v) is 9.55. The minimum absolute atomic E-state index is 0.466. The highest BCUT2D eigenvalue weighted by atomic mass is 16.6. The van der Waals surface area contributed by atoms with Crippen molar-refractivity contribution < 1.29 is 19.9 Å². The van der Waals surface area contributed by atoms with Gasteiger partial charge in [-0.15, -0.1) is 0 Å². The van der Waals surface area contributed by atoms with Gasteiger partial charge >= 0.3 is 0 Å². The number of benzene rings is 1. The van der Waals surface area contributed by atoms with Crippen LogP contribution in [0, 0.1) is 20.2 Å². The van der Waals surface area contributed by atoms with E-state index in [-0.39, 0.29) is 0 Å². The highest BCUT2D eigenvalue weighted by Gasteiger charge is 2.13. The van der Waals surface area contributed by atoms with Gasteiger partial charge in [0.05, 0.1) is 15.9 Å². The zero-order chi connectivity index (χ0) is 14.3. The molecule has 0 aliphatic heterocycles. The van der Waals surface area contributed by atoms with Crippen molar-refractivity contribution in [2.24, 2.45) is 0 Å². The lowest BCUT2D eigenvalue weighted by molar-refractivity contribution is -0.403. The van der Waals surface area contributed by atoms with E-state index in [9.17, 15) is 25.3 Å². The third-order valence-electron chi connectivity index (χ3n) is 1.96. The average Bonchev–Trinajstić information content (AvgIpc) is 2.41. The number of H-pyrrole nitrogens is 1. The second-order valence-electron chi connectivity index (χ2n) is 3.24. The topological polar surface area (TPSA) is 123 Å². The molecular weight excluding hydrogens is 254 g/mol. The predicted molar refractivity (Wildman–Crippen MR) is 62.2 cm³/mol. The zero-order valence-electron chi connectivity index (χ0n) is 9.55. The summed E-state index contributed by atoms with van der Waals surface area (Å²) >= 11 is 0. The minimum atomic E-state index is -0.949. The molecule has 8 heteroatoms. The maximum absolute atomic E-state index is 10.8. The van der Waals surface area contributed by atoms with Crippen molar-refractivity contribution in [3.8, 4) is 5.75 Å². The molecule has 1 heterocycles. The number of nitro benzene ring substituents is 2. The smallest absolute Gasteiger partial charge is 0.276 e. The van der Waals surface area contributed by atoms with Crippen LogP contribution in [0.2, 0.25) is 0 Å². The van der Waals surface area contributed by atoms with E-state index in [1.807, 2.05) is 30.6 Å². The summed E-state index contributed by atoms with van der Waals surface area (Å²) in [5.41, 5.74) is -1.25. The van der Waals surface area contributed by atoms with Gasteiger partial charge in [-0.1, -0.05) is 12.1 Å². The SMILES string of the molecule is O=[N+]([O-])c1ccc([O-])c([N+](=O)[O-])c1.c1cc[nH+]cc1. The number of nitro groups is 2. The fourth-order valence-electron chi connectivity index (χ4n) is 1.10. The largest absolute Gasteiger partial charge is 0.868 e. The van der Waals surface area contributed by atoms with Crippen molar-refractivity contribution in [1.29, 1.82) is 0 Å². The van der Waals surface area contributed by atoms with Crippen LogP contribution < -0.4 is 10.1 Å². The summed E-state index contributed by atoms with van der Waals surface area (Å²) in [6.07, 6.45) is 3.75. The lowest BCUT2D eigenvalue weighted by Crippen LogP contribution is -1.98. The molecule has 8 nitrogen and oxygen atoms in total. The molecule has 0 fully saturated rings. The Labute approximate surface area is 107 Å². The number of aromatic nitrogens is 1. The molecule has 0 radical (unpaired) electrons. The molecule has 98 valence electrons. The van der Waals surface area contributed by atoms with E-state index in [1.54, 1.807) is 0 Å². The quantitative estimate of drug-likeness (QED) is 0.592. The predicted octanol–water partition coefficient (Wildman–Crippen LogP) is 1.08. The molecule has 0 saturated carbocycles. The van der Waals surface area contributed by atoms with Crippen molar-refractivity contribution in [3.05, 3.63) is 69.0 Å². The molecule has 0 atom stereocenters. The lowest BCUT2D eigenvalue weighted by Gasteiger charge is -2.03. The standard InChI is InChI=1S/C6H4N2O5.C5H5N/c9-6-2-1-4(7(10)11)3-5(6)8(12)13;1-2-4-6-5-3-1/h1-3,9H;1-5H. The molecule has 0 amide bonds. The number of pyridine rings is 1. The molecule has 2 rings (SSSR count). The van der Waals surface area contributed by atoms with E-state index >= 15 is 0 Å². The third-order valence-corrected chi connectivity index (χ3v) is 1.96. The summed E-state index contributed by atoms with van der Waals surface area (Å²) in [4.78, 5) is 21.5. The van der Waals surface area contributed by atoms with Crippen LogP contribution in [0.5, 0.6) is 5.75 Å². The molecule has 0 unspecified atom stereocenters. The van der Waals surface area contributed by atoms with E-state index in [1.165, 1.54) is 0 Å². The van der Waals surface area contributed by atoms with Crippen LogP contribution in [-0.2, 0) is 0 Å². The Balaban J connectivity index is 0.000000250. The van der Waals surface area contributed by atoms with Crippen molar-refractivity contribution in [1.82, 2.24) is 0 Å². The Morgan fingerprint density at radius 1 is 0.947 bits per heavy atom. The van der Waals surface area contributed by atoms with Gasteiger partial charge in [0.25, 0.3) is 11.4 Å². The van der Waals surface area contributed by atoms with Crippen molar-refractivity contribution in [2.45, 2.75) is 0 Å². The summed E-state index contributed by atoms with van der Waals surface area (Å²) in [5, 5.41) is 31.1. The molecule has 1 aromatic heterocycles. The molecule has 1 N–H and O–H groups in total. The highest BCUT2D eigenvalue weighted by molar-refractivity contribution is 5.51. The molecule has 19 heavy (non-hydrogen) atoms. The van der Waals surface area contributed by atoms with Crippen molar-refractivity contribution >= 4 is 11.4 Å². The maximum atomic E-state index is 10.8. The molecule has 0 bridgehead atoms. The lowest BCUT2D eigenvalue weighted by atomic mass is 10.2. The van der Waals surface area contributed by atoms with Gasteiger partial charge in [0.1, 0.15) is 0 Å². The summed E-state index contributed by atoms with van der Waals surface area (Å²) in [6, 6.07) is 8.23.